The Morgan fingerprint density at radius 1 is 1.30 bits per heavy atom. The van der Waals surface area contributed by atoms with E-state index in [2.05, 4.69) is 10.4 Å². The van der Waals surface area contributed by atoms with Crippen molar-refractivity contribution in [2.45, 2.75) is 13.0 Å². The number of rotatable bonds is 3. The summed E-state index contributed by atoms with van der Waals surface area (Å²) in [7, 11) is 0. The molecule has 0 saturated carbocycles. The van der Waals surface area contributed by atoms with Gasteiger partial charge in [-0.25, -0.2) is 4.68 Å². The lowest BCUT2D eigenvalue weighted by atomic mass is 10.2. The zero-order chi connectivity index (χ0) is 16.4. The quantitative estimate of drug-likeness (QED) is 0.858. The molecular weight excluding hydrogens is 294 g/mol. The van der Waals surface area contributed by atoms with Crippen molar-refractivity contribution in [3.63, 3.8) is 0 Å². The molecule has 0 radical (unpaired) electrons. The lowest BCUT2D eigenvalue weighted by Crippen LogP contribution is -2.52. The number of amides is 2. The average Bonchev–Trinajstić information content (AvgIpc) is 3.01. The molecule has 120 valence electrons. The Bertz CT molecular complexity index is 725. The van der Waals surface area contributed by atoms with Crippen molar-refractivity contribution in [2.24, 2.45) is 5.73 Å². The van der Waals surface area contributed by atoms with Gasteiger partial charge < -0.3 is 16.0 Å². The van der Waals surface area contributed by atoms with E-state index in [1.54, 1.807) is 17.0 Å². The smallest absolute Gasteiger partial charge is 0.274 e. The number of carbonyl (C=O) groups excluding carboxylic acids is 2. The van der Waals surface area contributed by atoms with Gasteiger partial charge in [-0.1, -0.05) is 18.2 Å². The lowest BCUT2D eigenvalue weighted by molar-refractivity contribution is 0.0649. The molecule has 1 aliphatic heterocycles. The highest BCUT2D eigenvalue weighted by molar-refractivity contribution is 5.97. The Hall–Kier alpha value is -2.67. The fourth-order valence-electron chi connectivity index (χ4n) is 2.72. The van der Waals surface area contributed by atoms with Gasteiger partial charge in [0, 0.05) is 31.7 Å². The average molecular weight is 313 g/mol. The number of carbonyl (C=O) groups is 2. The van der Waals surface area contributed by atoms with E-state index >= 15 is 0 Å². The molecule has 0 aliphatic carbocycles. The van der Waals surface area contributed by atoms with Gasteiger partial charge in [0.25, 0.3) is 11.8 Å². The minimum Gasteiger partial charge on any atom is -0.364 e. The van der Waals surface area contributed by atoms with Crippen LogP contribution in [0.4, 0.5) is 0 Å². The van der Waals surface area contributed by atoms with E-state index in [-0.39, 0.29) is 23.3 Å². The third-order valence-corrected chi connectivity index (χ3v) is 3.94. The maximum Gasteiger partial charge on any atom is 0.274 e. The predicted octanol–water partition coefficient (Wildman–Crippen LogP) is 0.405. The fourth-order valence-corrected chi connectivity index (χ4v) is 2.72. The van der Waals surface area contributed by atoms with Crippen molar-refractivity contribution in [1.82, 2.24) is 20.0 Å². The van der Waals surface area contributed by atoms with E-state index in [1.165, 1.54) is 10.7 Å². The normalized spacial score (nSPS) is 18.0. The lowest BCUT2D eigenvalue weighted by Gasteiger charge is -2.33. The highest BCUT2D eigenvalue weighted by Crippen LogP contribution is 2.15. The monoisotopic (exact) mass is 313 g/mol. The van der Waals surface area contributed by atoms with E-state index in [9.17, 15) is 9.59 Å². The molecule has 1 aromatic heterocycles. The summed E-state index contributed by atoms with van der Waals surface area (Å²) in [5.74, 6) is -0.801. The van der Waals surface area contributed by atoms with Crippen LogP contribution in [0.3, 0.4) is 0 Å². The summed E-state index contributed by atoms with van der Waals surface area (Å²) in [5.41, 5.74) is 6.55. The van der Waals surface area contributed by atoms with Crippen LogP contribution in [-0.4, -0.2) is 52.2 Å². The molecule has 1 aliphatic rings. The summed E-state index contributed by atoms with van der Waals surface area (Å²) in [6.45, 7) is 4.09. The largest absolute Gasteiger partial charge is 0.364 e. The van der Waals surface area contributed by atoms with Crippen LogP contribution in [-0.2, 0) is 0 Å². The van der Waals surface area contributed by atoms with Gasteiger partial charge in [0.1, 0.15) is 5.69 Å². The van der Waals surface area contributed by atoms with E-state index in [1.807, 2.05) is 25.1 Å². The second kappa shape index (κ2) is 6.21. The highest BCUT2D eigenvalue weighted by atomic mass is 16.2. The minimum absolute atomic E-state index is 0.0788. The van der Waals surface area contributed by atoms with Gasteiger partial charge in [-0.3, -0.25) is 9.59 Å². The Balaban J connectivity index is 1.98. The third kappa shape index (κ3) is 2.95. The van der Waals surface area contributed by atoms with E-state index < -0.39 is 5.91 Å². The van der Waals surface area contributed by atoms with E-state index in [4.69, 9.17) is 5.73 Å². The number of nitrogens with one attached hydrogen (secondary N) is 1. The molecular formula is C16H19N5O2. The second-order valence-corrected chi connectivity index (χ2v) is 5.58. The van der Waals surface area contributed by atoms with Crippen molar-refractivity contribution in [2.75, 3.05) is 19.6 Å². The molecule has 1 fully saturated rings. The Labute approximate surface area is 134 Å². The summed E-state index contributed by atoms with van der Waals surface area (Å²) in [4.78, 5) is 26.2. The van der Waals surface area contributed by atoms with Crippen LogP contribution in [0.5, 0.6) is 0 Å². The van der Waals surface area contributed by atoms with E-state index in [0.29, 0.717) is 12.2 Å². The summed E-state index contributed by atoms with van der Waals surface area (Å²) in [6, 6.07) is 10.7. The number of nitrogens with two attached hydrogens (primary N) is 1. The minimum atomic E-state index is -0.617. The first-order valence-electron chi connectivity index (χ1n) is 7.55. The maximum atomic E-state index is 12.7. The third-order valence-electron chi connectivity index (χ3n) is 3.94. The predicted molar refractivity (Wildman–Crippen MR) is 85.5 cm³/mol. The molecule has 7 heteroatoms. The van der Waals surface area contributed by atoms with Crippen molar-refractivity contribution in [3.05, 3.63) is 47.8 Å². The molecule has 0 spiro atoms. The zero-order valence-electron chi connectivity index (χ0n) is 12.9. The van der Waals surface area contributed by atoms with Crippen molar-refractivity contribution in [1.29, 1.82) is 0 Å². The number of benzene rings is 1. The molecule has 1 saturated heterocycles. The first-order valence-corrected chi connectivity index (χ1v) is 7.55. The number of para-hydroxylation sites is 1. The van der Waals surface area contributed by atoms with Gasteiger partial charge >= 0.3 is 0 Å². The molecule has 3 rings (SSSR count). The van der Waals surface area contributed by atoms with Crippen LogP contribution in [0.2, 0.25) is 0 Å². The van der Waals surface area contributed by atoms with Gasteiger partial charge in [-0.05, 0) is 19.1 Å². The Morgan fingerprint density at radius 3 is 2.70 bits per heavy atom. The van der Waals surface area contributed by atoms with Gasteiger partial charge in [0.2, 0.25) is 0 Å². The number of aromatic nitrogens is 2. The van der Waals surface area contributed by atoms with Gasteiger partial charge in [-0.2, -0.15) is 5.10 Å². The molecule has 0 unspecified atom stereocenters. The van der Waals surface area contributed by atoms with Crippen LogP contribution in [0.25, 0.3) is 5.69 Å². The first kappa shape index (κ1) is 15.2. The number of hydrogen-bond donors (Lipinski definition) is 2. The molecule has 1 atom stereocenters. The number of piperazine rings is 1. The first-order chi connectivity index (χ1) is 11.1. The van der Waals surface area contributed by atoms with Gasteiger partial charge in [0.05, 0.1) is 5.69 Å². The number of nitrogens with zero attached hydrogens (tertiary/aromatic N) is 3. The van der Waals surface area contributed by atoms with Crippen molar-refractivity contribution < 1.29 is 9.59 Å². The fraction of sp³-hybridized carbons (Fsp3) is 0.312. The molecule has 7 nitrogen and oxygen atoms in total. The Morgan fingerprint density at radius 2 is 2.04 bits per heavy atom. The molecule has 2 amide bonds. The molecule has 3 N–H and O–H groups in total. The summed E-state index contributed by atoms with van der Waals surface area (Å²) in [6.07, 6.45) is 0. The van der Waals surface area contributed by atoms with Crippen molar-refractivity contribution in [3.8, 4) is 5.69 Å². The molecule has 2 heterocycles. The number of primary amides is 1. The SMILES string of the molecule is C[C@H]1CNCCN1C(=O)c1cc(C(N)=O)n(-c2ccccc2)n1. The van der Waals surface area contributed by atoms with E-state index in [0.717, 1.165) is 13.1 Å². The van der Waals surface area contributed by atoms with Crippen LogP contribution in [0, 0.1) is 0 Å². The molecule has 23 heavy (non-hydrogen) atoms. The second-order valence-electron chi connectivity index (χ2n) is 5.58. The standard InChI is InChI=1S/C16H19N5O2/c1-11-10-18-7-8-20(11)16(23)13-9-14(15(17)22)21(19-13)12-5-3-2-4-6-12/h2-6,9,11,18H,7-8,10H2,1H3,(H2,17,22)/t11-/m0/s1. The molecule has 0 bridgehead atoms. The molecule has 2 aromatic rings. The number of hydrogen-bond acceptors (Lipinski definition) is 4. The summed E-state index contributed by atoms with van der Waals surface area (Å²) >= 11 is 0. The van der Waals surface area contributed by atoms with Crippen LogP contribution < -0.4 is 11.1 Å². The van der Waals surface area contributed by atoms with Crippen molar-refractivity contribution >= 4 is 11.8 Å². The van der Waals surface area contributed by atoms with Crippen LogP contribution in [0.15, 0.2) is 36.4 Å². The van der Waals surface area contributed by atoms with Crippen LogP contribution >= 0.6 is 0 Å². The zero-order valence-corrected chi connectivity index (χ0v) is 12.9. The summed E-state index contributed by atoms with van der Waals surface area (Å²) in [5, 5.41) is 7.55. The summed E-state index contributed by atoms with van der Waals surface area (Å²) < 4.78 is 1.42. The van der Waals surface area contributed by atoms with Gasteiger partial charge in [-0.15, -0.1) is 0 Å². The van der Waals surface area contributed by atoms with Gasteiger partial charge in [0.15, 0.2) is 5.69 Å². The Kier molecular flexibility index (Phi) is 4.12. The highest BCUT2D eigenvalue weighted by Gasteiger charge is 2.27. The molecule has 1 aromatic carbocycles. The maximum absolute atomic E-state index is 12.7. The van der Waals surface area contributed by atoms with Crippen LogP contribution in [0.1, 0.15) is 27.9 Å². The topological polar surface area (TPSA) is 93.3 Å².